The van der Waals surface area contributed by atoms with Gasteiger partial charge in [-0.05, 0) is 71.0 Å². The molecule has 0 N–H and O–H groups in total. The van der Waals surface area contributed by atoms with E-state index in [1.165, 1.54) is 11.2 Å². The molecule has 11 nitrogen and oxygen atoms in total. The molecule has 2 aliphatic rings. The van der Waals surface area contributed by atoms with Crippen molar-refractivity contribution in [2.45, 2.75) is 109 Å². The van der Waals surface area contributed by atoms with E-state index in [1.807, 2.05) is 13.8 Å². The van der Waals surface area contributed by atoms with Crippen LogP contribution < -0.4 is 4.90 Å². The van der Waals surface area contributed by atoms with Crippen LogP contribution in [0.25, 0.3) is 11.2 Å². The maximum absolute atomic E-state index is 13.6. The van der Waals surface area contributed by atoms with Crippen LogP contribution in [-0.2, 0) is 23.4 Å². The van der Waals surface area contributed by atoms with Crippen molar-refractivity contribution in [1.29, 1.82) is 0 Å². The summed E-state index contributed by atoms with van der Waals surface area (Å²) in [4.78, 5) is 28.7. The van der Waals surface area contributed by atoms with Crippen LogP contribution in [0.1, 0.15) is 67.2 Å². The number of terminal acetylenes is 1. The number of carbonyl (C=O) groups excluding carboxylic acids is 1. The molecule has 2 aliphatic heterocycles. The predicted molar refractivity (Wildman–Crippen MR) is 169 cm³/mol. The largest absolute Gasteiger partial charge is 0.443 e. The molecule has 0 spiro atoms. The highest BCUT2D eigenvalue weighted by Gasteiger charge is 2.56. The zero-order valence-corrected chi connectivity index (χ0v) is 28.2. The van der Waals surface area contributed by atoms with Crippen molar-refractivity contribution in [1.82, 2.24) is 19.5 Å². The molecule has 2 aromatic heterocycles. The summed E-state index contributed by atoms with van der Waals surface area (Å²) in [6, 6.07) is 7.04. The molecule has 0 saturated carbocycles. The Kier molecular flexibility index (Phi) is 8.18. The van der Waals surface area contributed by atoms with Crippen molar-refractivity contribution < 1.29 is 28.2 Å². The van der Waals surface area contributed by atoms with Gasteiger partial charge in [-0.25, -0.2) is 24.6 Å². The fraction of sp³-hybridized carbons (Fsp3) is 0.562. The lowest BCUT2D eigenvalue weighted by Crippen LogP contribution is -2.44. The van der Waals surface area contributed by atoms with Gasteiger partial charge in [0.05, 0.1) is 18.6 Å². The summed E-state index contributed by atoms with van der Waals surface area (Å²) in [7, 11) is -2.05. The number of ether oxygens (including phenoxy) is 4. The van der Waals surface area contributed by atoms with Gasteiger partial charge in [0.1, 0.15) is 30.2 Å². The highest BCUT2D eigenvalue weighted by Crippen LogP contribution is 2.45. The monoisotopic (exact) mass is 621 g/mol. The van der Waals surface area contributed by atoms with Gasteiger partial charge in [-0.2, -0.15) is 0 Å². The molecule has 2 fully saturated rings. The summed E-state index contributed by atoms with van der Waals surface area (Å²) < 4.78 is 33.4. The SMILES string of the molecule is C#Cc1cccc(N(C(=O)OC(C)(C)C)c2ncnc3c2ncn3[C@@H]2O[C@H](CO[Si](C)(C)C(C)(C)C)[C@H]3OC(C)(C)O[C@H]32)c1. The van der Waals surface area contributed by atoms with E-state index < -0.39 is 38.1 Å². The molecule has 0 radical (unpaired) electrons. The van der Waals surface area contributed by atoms with E-state index in [1.54, 1.807) is 55.9 Å². The molecule has 4 atom stereocenters. The van der Waals surface area contributed by atoms with Gasteiger partial charge in [0.15, 0.2) is 37.3 Å². The van der Waals surface area contributed by atoms with Crippen molar-refractivity contribution in [2.24, 2.45) is 0 Å². The number of carbonyl (C=O) groups is 1. The van der Waals surface area contributed by atoms with Gasteiger partial charge < -0.3 is 23.4 Å². The maximum atomic E-state index is 13.6. The number of hydrogen-bond acceptors (Lipinski definition) is 9. The average Bonchev–Trinajstić information content (AvgIpc) is 3.57. The number of nitrogens with zero attached hydrogens (tertiary/aromatic N) is 5. The van der Waals surface area contributed by atoms with E-state index in [2.05, 4.69) is 54.7 Å². The van der Waals surface area contributed by atoms with Crippen molar-refractivity contribution >= 4 is 37.1 Å². The Morgan fingerprint density at radius 3 is 2.48 bits per heavy atom. The zero-order valence-electron chi connectivity index (χ0n) is 27.2. The Balaban J connectivity index is 1.53. The summed E-state index contributed by atoms with van der Waals surface area (Å²) in [5.74, 6) is 2.05. The lowest BCUT2D eigenvalue weighted by molar-refractivity contribution is -0.199. The number of aromatic nitrogens is 4. The molecule has 1 aromatic carbocycles. The second-order valence-electron chi connectivity index (χ2n) is 14.2. The number of imidazole rings is 1. The molecule has 5 rings (SSSR count). The third-order valence-electron chi connectivity index (χ3n) is 8.21. The molecule has 0 aliphatic carbocycles. The average molecular weight is 622 g/mol. The molecule has 3 aromatic rings. The van der Waals surface area contributed by atoms with Crippen LogP contribution in [0.5, 0.6) is 0 Å². The highest BCUT2D eigenvalue weighted by molar-refractivity contribution is 6.74. The molecule has 44 heavy (non-hydrogen) atoms. The van der Waals surface area contributed by atoms with Crippen LogP contribution in [0.4, 0.5) is 16.3 Å². The summed E-state index contributed by atoms with van der Waals surface area (Å²) in [5, 5.41) is 0.0460. The molecule has 0 bridgehead atoms. The molecule has 4 heterocycles. The molecule has 1 amide bonds. The molecule has 2 saturated heterocycles. The summed E-state index contributed by atoms with van der Waals surface area (Å²) in [6.45, 7) is 20.6. The van der Waals surface area contributed by atoms with Gasteiger partial charge in [-0.3, -0.25) is 4.57 Å². The number of rotatable bonds is 6. The first-order valence-electron chi connectivity index (χ1n) is 14.8. The lowest BCUT2D eigenvalue weighted by Gasteiger charge is -2.37. The molecule has 236 valence electrons. The van der Waals surface area contributed by atoms with Crippen molar-refractivity contribution in [3.63, 3.8) is 0 Å². The van der Waals surface area contributed by atoms with Gasteiger partial charge in [-0.15, -0.1) is 6.42 Å². The topological polar surface area (TPSA) is 110 Å². The van der Waals surface area contributed by atoms with Gasteiger partial charge in [-0.1, -0.05) is 32.8 Å². The van der Waals surface area contributed by atoms with Crippen LogP contribution in [0, 0.1) is 12.3 Å². The van der Waals surface area contributed by atoms with Crippen LogP contribution in [-0.4, -0.2) is 70.2 Å². The van der Waals surface area contributed by atoms with Crippen molar-refractivity contribution in [2.75, 3.05) is 11.5 Å². The molecule has 12 heteroatoms. The first-order valence-corrected chi connectivity index (χ1v) is 17.7. The Morgan fingerprint density at radius 2 is 1.82 bits per heavy atom. The van der Waals surface area contributed by atoms with E-state index in [9.17, 15) is 4.79 Å². The fourth-order valence-electron chi connectivity index (χ4n) is 5.07. The van der Waals surface area contributed by atoms with Crippen LogP contribution in [0.3, 0.4) is 0 Å². The van der Waals surface area contributed by atoms with Gasteiger partial charge >= 0.3 is 6.09 Å². The zero-order chi connectivity index (χ0) is 32.2. The second-order valence-corrected chi connectivity index (χ2v) is 19.0. The lowest BCUT2D eigenvalue weighted by atomic mass is 10.1. The summed E-state index contributed by atoms with van der Waals surface area (Å²) >= 11 is 0. The number of amides is 1. The first kappa shape index (κ1) is 32.1. The van der Waals surface area contributed by atoms with Gasteiger partial charge in [0, 0.05) is 5.56 Å². The van der Waals surface area contributed by atoms with E-state index in [0.29, 0.717) is 29.0 Å². The number of hydrogen-bond donors (Lipinski definition) is 0. The molecular weight excluding hydrogens is 578 g/mol. The normalized spacial score (nSPS) is 23.4. The van der Waals surface area contributed by atoms with Crippen LogP contribution >= 0.6 is 0 Å². The summed E-state index contributed by atoms with van der Waals surface area (Å²) in [5.41, 5.74) is 1.16. The van der Waals surface area contributed by atoms with Gasteiger partial charge in [0.2, 0.25) is 0 Å². The third-order valence-corrected chi connectivity index (χ3v) is 12.7. The minimum atomic E-state index is -2.05. The second kappa shape index (κ2) is 11.2. The Labute approximate surface area is 260 Å². The number of anilines is 2. The number of benzene rings is 1. The highest BCUT2D eigenvalue weighted by atomic mass is 28.4. The Bertz CT molecular complexity index is 1580. The molecular formula is C32H43N5O6Si. The summed E-state index contributed by atoms with van der Waals surface area (Å²) in [6.07, 6.45) is 6.27. The smallest absolute Gasteiger partial charge is 0.420 e. The Hall–Kier alpha value is -3.34. The predicted octanol–water partition coefficient (Wildman–Crippen LogP) is 6.32. The minimum absolute atomic E-state index is 0.0460. The third kappa shape index (κ3) is 6.25. The van der Waals surface area contributed by atoms with Crippen molar-refractivity contribution in [3.05, 3.63) is 42.5 Å². The van der Waals surface area contributed by atoms with E-state index >= 15 is 0 Å². The van der Waals surface area contributed by atoms with Crippen molar-refractivity contribution in [3.8, 4) is 12.3 Å². The quantitative estimate of drug-likeness (QED) is 0.231. The van der Waals surface area contributed by atoms with Crippen LogP contribution in [0.15, 0.2) is 36.9 Å². The first-order chi connectivity index (χ1) is 20.4. The number of fused-ring (bicyclic) bond motifs is 2. The Morgan fingerprint density at radius 1 is 1.11 bits per heavy atom. The molecule has 0 unspecified atom stereocenters. The van der Waals surface area contributed by atoms with E-state index in [0.717, 1.165) is 0 Å². The fourth-order valence-corrected chi connectivity index (χ4v) is 6.08. The standard InChI is InChI=1S/C32H43N5O6Si/c1-12-20-14-13-15-21(16-20)37(29(38)43-30(2,3)4)27-23-26(33-18-34-27)36(19-35-23)28-25-24(41-32(8,9)42-25)22(40-28)17-39-44(10,11)31(5,6)7/h1,13-16,18-19,22,24-25,28H,17H2,2-11H3/t22-,24-,25-,28-/m1/s1. The van der Waals surface area contributed by atoms with E-state index in [-0.39, 0.29) is 23.1 Å². The van der Waals surface area contributed by atoms with E-state index in [4.69, 9.17) is 29.8 Å². The van der Waals surface area contributed by atoms with Crippen LogP contribution in [0.2, 0.25) is 18.1 Å². The van der Waals surface area contributed by atoms with Gasteiger partial charge in [0.25, 0.3) is 0 Å². The minimum Gasteiger partial charge on any atom is -0.443 e. The maximum Gasteiger partial charge on any atom is 0.420 e.